The number of carbonyl (C=O) groups is 1. The van der Waals surface area contributed by atoms with Crippen LogP contribution < -0.4 is 5.32 Å². The molecule has 1 amide bonds. The molecular weight excluding hydrogens is 288 g/mol. The Hall–Kier alpha value is -1.36. The summed E-state index contributed by atoms with van der Waals surface area (Å²) in [4.78, 5) is 15.0. The Kier molecular flexibility index (Phi) is 4.14. The molecule has 1 N–H and O–H groups in total. The molecule has 4 rings (SSSR count). The van der Waals surface area contributed by atoms with Gasteiger partial charge in [0.1, 0.15) is 0 Å². The lowest BCUT2D eigenvalue weighted by molar-refractivity contribution is -0.134. The van der Waals surface area contributed by atoms with Gasteiger partial charge in [-0.05, 0) is 69.5 Å². The van der Waals surface area contributed by atoms with Crippen molar-refractivity contribution in [2.75, 3.05) is 26.2 Å². The predicted molar refractivity (Wildman–Crippen MR) is 89.0 cm³/mol. The van der Waals surface area contributed by atoms with Crippen molar-refractivity contribution in [2.45, 2.75) is 45.1 Å². The smallest absolute Gasteiger partial charge is 0.226 e. The van der Waals surface area contributed by atoms with Gasteiger partial charge in [0.25, 0.3) is 0 Å². The second-order valence-corrected chi connectivity index (χ2v) is 7.67. The molecule has 5 heteroatoms. The number of amides is 1. The minimum absolute atomic E-state index is 0.316. The molecule has 0 spiro atoms. The third kappa shape index (κ3) is 3.16. The molecule has 1 saturated carbocycles. The number of aromatic nitrogens is 2. The molecule has 1 unspecified atom stereocenters. The van der Waals surface area contributed by atoms with Crippen LogP contribution in [-0.2, 0) is 4.79 Å². The first-order valence-electron chi connectivity index (χ1n) is 9.22. The Morgan fingerprint density at radius 3 is 2.87 bits per heavy atom. The van der Waals surface area contributed by atoms with Crippen LogP contribution in [0.3, 0.4) is 0 Å². The maximum Gasteiger partial charge on any atom is 0.226 e. The van der Waals surface area contributed by atoms with Crippen LogP contribution in [0.15, 0.2) is 12.4 Å². The summed E-state index contributed by atoms with van der Waals surface area (Å²) in [6.07, 6.45) is 9.88. The molecule has 1 aromatic heterocycles. The minimum atomic E-state index is 0.316. The Labute approximate surface area is 138 Å². The van der Waals surface area contributed by atoms with E-state index in [0.717, 1.165) is 51.4 Å². The fourth-order valence-electron chi connectivity index (χ4n) is 4.53. The van der Waals surface area contributed by atoms with Crippen molar-refractivity contribution in [3.8, 4) is 0 Å². The van der Waals surface area contributed by atoms with Crippen molar-refractivity contribution in [3.05, 3.63) is 18.0 Å². The Morgan fingerprint density at radius 1 is 1.30 bits per heavy atom. The lowest BCUT2D eigenvalue weighted by Gasteiger charge is -2.33. The molecule has 1 aliphatic carbocycles. The number of likely N-dealkylation sites (tertiary alicyclic amines) is 1. The monoisotopic (exact) mass is 316 g/mol. The summed E-state index contributed by atoms with van der Waals surface area (Å²) >= 11 is 0. The van der Waals surface area contributed by atoms with E-state index in [0.29, 0.717) is 23.8 Å². The molecule has 3 heterocycles. The Morgan fingerprint density at radius 2 is 2.13 bits per heavy atom. The molecular formula is C18H28N4O. The average Bonchev–Trinajstić information content (AvgIpc) is 3.29. The van der Waals surface area contributed by atoms with Gasteiger partial charge in [-0.3, -0.25) is 9.48 Å². The molecule has 3 atom stereocenters. The number of aryl methyl sites for hydroxylation is 1. The normalized spacial score (nSPS) is 32.0. The molecule has 0 bridgehead atoms. The maximum atomic E-state index is 12.9. The first-order valence-corrected chi connectivity index (χ1v) is 9.22. The van der Waals surface area contributed by atoms with Crippen LogP contribution in [0.1, 0.15) is 43.7 Å². The van der Waals surface area contributed by atoms with Gasteiger partial charge < -0.3 is 10.2 Å². The van der Waals surface area contributed by atoms with E-state index in [-0.39, 0.29) is 0 Å². The highest BCUT2D eigenvalue weighted by atomic mass is 16.2. The summed E-state index contributed by atoms with van der Waals surface area (Å²) in [5.41, 5.74) is 1.20. The number of hydrogen-bond donors (Lipinski definition) is 1. The van der Waals surface area contributed by atoms with E-state index < -0.39 is 0 Å². The van der Waals surface area contributed by atoms with Crippen molar-refractivity contribution in [1.82, 2.24) is 20.0 Å². The summed E-state index contributed by atoms with van der Waals surface area (Å²) in [6, 6.07) is 0.359. The molecule has 23 heavy (non-hydrogen) atoms. The van der Waals surface area contributed by atoms with E-state index >= 15 is 0 Å². The van der Waals surface area contributed by atoms with Gasteiger partial charge in [0.15, 0.2) is 0 Å². The van der Waals surface area contributed by atoms with Crippen molar-refractivity contribution in [2.24, 2.45) is 17.8 Å². The number of rotatable bonds is 3. The van der Waals surface area contributed by atoms with Gasteiger partial charge in [-0.15, -0.1) is 0 Å². The van der Waals surface area contributed by atoms with Gasteiger partial charge in [-0.2, -0.15) is 5.10 Å². The summed E-state index contributed by atoms with van der Waals surface area (Å²) in [5.74, 6) is 2.18. The van der Waals surface area contributed by atoms with Gasteiger partial charge in [0, 0.05) is 25.2 Å². The van der Waals surface area contributed by atoms with Crippen LogP contribution in [0.25, 0.3) is 0 Å². The number of nitrogens with one attached hydrogen (secondary N) is 1. The van der Waals surface area contributed by atoms with Gasteiger partial charge in [-0.25, -0.2) is 0 Å². The van der Waals surface area contributed by atoms with Crippen LogP contribution >= 0.6 is 0 Å². The summed E-state index contributed by atoms with van der Waals surface area (Å²) < 4.78 is 2.06. The third-order valence-corrected chi connectivity index (χ3v) is 5.96. The molecule has 2 aliphatic heterocycles. The first kappa shape index (κ1) is 15.2. The largest absolute Gasteiger partial charge is 0.340 e. The topological polar surface area (TPSA) is 50.2 Å². The number of nitrogens with zero attached hydrogens (tertiary/aromatic N) is 3. The third-order valence-electron chi connectivity index (χ3n) is 5.96. The van der Waals surface area contributed by atoms with E-state index in [9.17, 15) is 4.79 Å². The van der Waals surface area contributed by atoms with Crippen molar-refractivity contribution < 1.29 is 4.79 Å². The van der Waals surface area contributed by atoms with Crippen LogP contribution in [0, 0.1) is 24.7 Å². The van der Waals surface area contributed by atoms with Gasteiger partial charge in [-0.1, -0.05) is 0 Å². The standard InChI is InChI=1S/C18H28N4O/c1-13-10-20-22(11-13)15-3-2-8-21(12-15)18(23)17-9-16(17)14-4-6-19-7-5-14/h10-11,14-17,19H,2-9,12H2,1H3/t15?,16-,17+/m0/s1. The molecule has 3 aliphatic rings. The first-order chi connectivity index (χ1) is 11.2. The van der Waals surface area contributed by atoms with Gasteiger partial charge >= 0.3 is 0 Å². The maximum absolute atomic E-state index is 12.9. The highest BCUT2D eigenvalue weighted by Gasteiger charge is 2.49. The highest BCUT2D eigenvalue weighted by Crippen LogP contribution is 2.48. The summed E-state index contributed by atoms with van der Waals surface area (Å²) in [5, 5.41) is 7.88. The zero-order valence-electron chi connectivity index (χ0n) is 14.1. The van der Waals surface area contributed by atoms with Crippen LogP contribution in [-0.4, -0.2) is 46.8 Å². The van der Waals surface area contributed by atoms with E-state index in [1.807, 2.05) is 6.20 Å². The average molecular weight is 316 g/mol. The molecule has 5 nitrogen and oxygen atoms in total. The highest BCUT2D eigenvalue weighted by molar-refractivity contribution is 5.81. The van der Waals surface area contributed by atoms with E-state index in [1.54, 1.807) is 0 Å². The van der Waals surface area contributed by atoms with Gasteiger partial charge in [0.05, 0.1) is 12.2 Å². The van der Waals surface area contributed by atoms with Crippen molar-refractivity contribution >= 4 is 5.91 Å². The molecule has 0 radical (unpaired) electrons. The second kappa shape index (κ2) is 6.27. The van der Waals surface area contributed by atoms with Crippen LogP contribution in [0.4, 0.5) is 0 Å². The summed E-state index contributed by atoms with van der Waals surface area (Å²) in [7, 11) is 0. The van der Waals surface area contributed by atoms with Crippen molar-refractivity contribution in [3.63, 3.8) is 0 Å². The fraction of sp³-hybridized carbons (Fsp3) is 0.778. The Balaban J connectivity index is 1.35. The molecule has 1 aromatic rings. The number of carbonyl (C=O) groups excluding carboxylic acids is 1. The lowest BCUT2D eigenvalue weighted by Crippen LogP contribution is -2.42. The minimum Gasteiger partial charge on any atom is -0.340 e. The van der Waals surface area contributed by atoms with Crippen LogP contribution in [0.2, 0.25) is 0 Å². The predicted octanol–water partition coefficient (Wildman–Crippen LogP) is 1.99. The Bertz CT molecular complexity index is 563. The van der Waals surface area contributed by atoms with Crippen LogP contribution in [0.5, 0.6) is 0 Å². The van der Waals surface area contributed by atoms with E-state index in [1.165, 1.54) is 18.4 Å². The SMILES string of the molecule is Cc1cnn(C2CCCN(C(=O)[C@@H]3C[C@H]3C3CCNCC3)C2)c1. The zero-order valence-corrected chi connectivity index (χ0v) is 14.1. The van der Waals surface area contributed by atoms with E-state index in [2.05, 4.69) is 33.1 Å². The fourth-order valence-corrected chi connectivity index (χ4v) is 4.53. The summed E-state index contributed by atoms with van der Waals surface area (Å²) in [6.45, 7) is 6.11. The van der Waals surface area contributed by atoms with Gasteiger partial charge in [0.2, 0.25) is 5.91 Å². The lowest BCUT2D eigenvalue weighted by atomic mass is 9.91. The molecule has 3 fully saturated rings. The number of piperidine rings is 2. The molecule has 2 saturated heterocycles. The molecule has 0 aromatic carbocycles. The molecule has 126 valence electrons. The second-order valence-electron chi connectivity index (χ2n) is 7.67. The zero-order chi connectivity index (χ0) is 15.8. The number of hydrogen-bond acceptors (Lipinski definition) is 3. The van der Waals surface area contributed by atoms with E-state index in [4.69, 9.17) is 0 Å². The van der Waals surface area contributed by atoms with Crippen molar-refractivity contribution in [1.29, 1.82) is 0 Å². The quantitative estimate of drug-likeness (QED) is 0.928.